The summed E-state index contributed by atoms with van der Waals surface area (Å²) in [4.78, 5) is 9.77. The van der Waals surface area contributed by atoms with Crippen molar-refractivity contribution >= 4 is 45.8 Å². The van der Waals surface area contributed by atoms with Crippen molar-refractivity contribution in [1.29, 1.82) is 0 Å². The number of aromatic nitrogens is 2. The van der Waals surface area contributed by atoms with Crippen molar-refractivity contribution in [1.82, 2.24) is 9.97 Å². The molecule has 0 aliphatic heterocycles. The highest BCUT2D eigenvalue weighted by atomic mass is 35.5. The van der Waals surface area contributed by atoms with Crippen LogP contribution < -0.4 is 11.5 Å². The zero-order chi connectivity index (χ0) is 14.8. The SMILES string of the molecule is Nc1ccc(Cl)c(SCc2nc(N)c3ccccc3n2)c1. The maximum absolute atomic E-state index is 6.15. The van der Waals surface area contributed by atoms with Crippen LogP contribution in [0.15, 0.2) is 47.4 Å². The molecule has 0 spiro atoms. The van der Waals surface area contributed by atoms with Crippen molar-refractivity contribution in [3.63, 3.8) is 0 Å². The van der Waals surface area contributed by atoms with E-state index in [2.05, 4.69) is 9.97 Å². The minimum atomic E-state index is 0.495. The molecule has 1 heterocycles. The Kier molecular flexibility index (Phi) is 3.86. The lowest BCUT2D eigenvalue weighted by atomic mass is 10.2. The molecule has 6 heteroatoms. The Bertz CT molecular complexity index is 807. The summed E-state index contributed by atoms with van der Waals surface area (Å²) in [6.45, 7) is 0. The van der Waals surface area contributed by atoms with E-state index in [0.29, 0.717) is 28.1 Å². The molecule has 0 fully saturated rings. The standard InChI is InChI=1S/C15H13ClN4S/c16-11-6-5-9(17)7-13(11)21-8-14-19-12-4-2-1-3-10(12)15(18)20-14/h1-7H,8,17H2,(H2,18,19,20). The number of nitrogen functional groups attached to an aromatic ring is 2. The van der Waals surface area contributed by atoms with E-state index in [1.807, 2.05) is 30.3 Å². The van der Waals surface area contributed by atoms with E-state index >= 15 is 0 Å². The Morgan fingerprint density at radius 2 is 1.86 bits per heavy atom. The number of hydrogen-bond acceptors (Lipinski definition) is 5. The molecule has 0 atom stereocenters. The monoisotopic (exact) mass is 316 g/mol. The molecule has 1 aromatic heterocycles. The molecule has 0 radical (unpaired) electrons. The largest absolute Gasteiger partial charge is 0.399 e. The molecule has 21 heavy (non-hydrogen) atoms. The summed E-state index contributed by atoms with van der Waals surface area (Å²) < 4.78 is 0. The van der Waals surface area contributed by atoms with Gasteiger partial charge in [-0.05, 0) is 30.3 Å². The van der Waals surface area contributed by atoms with Crippen LogP contribution in [0.25, 0.3) is 10.9 Å². The number of fused-ring (bicyclic) bond motifs is 1. The van der Waals surface area contributed by atoms with Crippen LogP contribution in [0.5, 0.6) is 0 Å². The molecule has 4 N–H and O–H groups in total. The summed E-state index contributed by atoms with van der Waals surface area (Å²) in [5, 5.41) is 1.54. The molecule has 0 saturated carbocycles. The quantitative estimate of drug-likeness (QED) is 0.568. The Labute approximate surface area is 131 Å². The topological polar surface area (TPSA) is 77.8 Å². The molecule has 3 rings (SSSR count). The Morgan fingerprint density at radius 3 is 2.71 bits per heavy atom. The van der Waals surface area contributed by atoms with E-state index < -0.39 is 0 Å². The third-order valence-corrected chi connectivity index (χ3v) is 4.48. The fraction of sp³-hybridized carbons (Fsp3) is 0.0667. The molecule has 0 aliphatic carbocycles. The van der Waals surface area contributed by atoms with Crippen LogP contribution in [-0.4, -0.2) is 9.97 Å². The summed E-state index contributed by atoms with van der Waals surface area (Å²) >= 11 is 7.69. The highest BCUT2D eigenvalue weighted by Crippen LogP contribution is 2.31. The van der Waals surface area contributed by atoms with Crippen molar-refractivity contribution < 1.29 is 0 Å². The zero-order valence-electron chi connectivity index (χ0n) is 11.1. The van der Waals surface area contributed by atoms with Gasteiger partial charge in [0.15, 0.2) is 0 Å². The van der Waals surface area contributed by atoms with Gasteiger partial charge in [0.25, 0.3) is 0 Å². The first-order chi connectivity index (χ1) is 10.1. The average molecular weight is 317 g/mol. The number of para-hydroxylation sites is 1. The Balaban J connectivity index is 1.87. The maximum atomic E-state index is 6.15. The molecule has 0 bridgehead atoms. The minimum absolute atomic E-state index is 0.495. The number of halogens is 1. The highest BCUT2D eigenvalue weighted by Gasteiger charge is 2.07. The lowest BCUT2D eigenvalue weighted by molar-refractivity contribution is 1.08. The average Bonchev–Trinajstić information content (AvgIpc) is 2.48. The van der Waals surface area contributed by atoms with Crippen molar-refractivity contribution in [3.8, 4) is 0 Å². The van der Waals surface area contributed by atoms with Gasteiger partial charge < -0.3 is 11.5 Å². The minimum Gasteiger partial charge on any atom is -0.399 e. The first-order valence-electron chi connectivity index (χ1n) is 6.32. The summed E-state index contributed by atoms with van der Waals surface area (Å²) in [7, 11) is 0. The molecule has 106 valence electrons. The van der Waals surface area contributed by atoms with Crippen LogP contribution in [0.4, 0.5) is 11.5 Å². The molecule has 0 aliphatic rings. The van der Waals surface area contributed by atoms with E-state index in [4.69, 9.17) is 23.1 Å². The second-order valence-electron chi connectivity index (χ2n) is 4.52. The van der Waals surface area contributed by atoms with Gasteiger partial charge in [-0.3, -0.25) is 0 Å². The predicted octanol–water partition coefficient (Wildman–Crippen LogP) is 3.74. The molecular formula is C15H13ClN4S. The number of benzene rings is 2. The molecule has 0 saturated heterocycles. The number of rotatable bonds is 3. The van der Waals surface area contributed by atoms with Gasteiger partial charge in [-0.15, -0.1) is 11.8 Å². The van der Waals surface area contributed by atoms with Crippen LogP contribution in [-0.2, 0) is 5.75 Å². The lowest BCUT2D eigenvalue weighted by Crippen LogP contribution is -2.00. The van der Waals surface area contributed by atoms with Crippen LogP contribution in [0.3, 0.4) is 0 Å². The Morgan fingerprint density at radius 1 is 1.05 bits per heavy atom. The summed E-state index contributed by atoms with van der Waals surface area (Å²) in [5.41, 5.74) is 13.3. The summed E-state index contributed by atoms with van der Waals surface area (Å²) in [6, 6.07) is 13.1. The second kappa shape index (κ2) is 5.79. The molecular weight excluding hydrogens is 304 g/mol. The number of nitrogens with two attached hydrogens (primary N) is 2. The summed E-state index contributed by atoms with van der Waals surface area (Å²) in [5.74, 6) is 1.75. The van der Waals surface area contributed by atoms with Crippen LogP contribution >= 0.6 is 23.4 Å². The van der Waals surface area contributed by atoms with Crippen LogP contribution in [0.2, 0.25) is 5.02 Å². The molecule has 0 amide bonds. The van der Waals surface area contributed by atoms with Gasteiger partial charge in [0.1, 0.15) is 11.6 Å². The van der Waals surface area contributed by atoms with Gasteiger partial charge in [0.2, 0.25) is 0 Å². The molecule has 0 unspecified atom stereocenters. The van der Waals surface area contributed by atoms with Crippen molar-refractivity contribution in [2.45, 2.75) is 10.6 Å². The molecule has 4 nitrogen and oxygen atoms in total. The van der Waals surface area contributed by atoms with Crippen molar-refractivity contribution in [2.24, 2.45) is 0 Å². The lowest BCUT2D eigenvalue weighted by Gasteiger charge is -2.07. The van der Waals surface area contributed by atoms with Crippen molar-refractivity contribution in [3.05, 3.63) is 53.3 Å². The number of hydrogen-bond donors (Lipinski definition) is 2. The Hall–Kier alpha value is -1.98. The van der Waals surface area contributed by atoms with Gasteiger partial charge in [0, 0.05) is 16.0 Å². The van der Waals surface area contributed by atoms with Crippen LogP contribution in [0.1, 0.15) is 5.82 Å². The normalized spacial score (nSPS) is 10.9. The van der Waals surface area contributed by atoms with Gasteiger partial charge in [-0.2, -0.15) is 0 Å². The third kappa shape index (κ3) is 3.04. The van der Waals surface area contributed by atoms with E-state index in [1.165, 1.54) is 11.8 Å². The van der Waals surface area contributed by atoms with E-state index in [-0.39, 0.29) is 0 Å². The number of nitrogens with zero attached hydrogens (tertiary/aromatic N) is 2. The predicted molar refractivity (Wildman–Crippen MR) is 89.4 cm³/mol. The van der Waals surface area contributed by atoms with Gasteiger partial charge in [-0.25, -0.2) is 9.97 Å². The smallest absolute Gasteiger partial charge is 0.141 e. The number of anilines is 2. The molecule has 2 aromatic carbocycles. The third-order valence-electron chi connectivity index (χ3n) is 2.99. The van der Waals surface area contributed by atoms with Crippen molar-refractivity contribution in [2.75, 3.05) is 11.5 Å². The van der Waals surface area contributed by atoms with E-state index in [9.17, 15) is 0 Å². The van der Waals surface area contributed by atoms with Crippen LogP contribution in [0, 0.1) is 0 Å². The summed E-state index contributed by atoms with van der Waals surface area (Å²) in [6.07, 6.45) is 0. The fourth-order valence-electron chi connectivity index (χ4n) is 1.99. The van der Waals surface area contributed by atoms with Gasteiger partial charge >= 0.3 is 0 Å². The molecule has 3 aromatic rings. The second-order valence-corrected chi connectivity index (χ2v) is 5.95. The number of thioether (sulfide) groups is 1. The van der Waals surface area contributed by atoms with E-state index in [0.717, 1.165) is 15.8 Å². The zero-order valence-corrected chi connectivity index (χ0v) is 12.7. The first kappa shape index (κ1) is 14.0. The fourth-order valence-corrected chi connectivity index (χ4v) is 3.11. The maximum Gasteiger partial charge on any atom is 0.141 e. The van der Waals surface area contributed by atoms with Gasteiger partial charge in [0.05, 0.1) is 16.3 Å². The highest BCUT2D eigenvalue weighted by molar-refractivity contribution is 7.98. The van der Waals surface area contributed by atoms with E-state index in [1.54, 1.807) is 12.1 Å². The van der Waals surface area contributed by atoms with Gasteiger partial charge in [-0.1, -0.05) is 23.7 Å². The first-order valence-corrected chi connectivity index (χ1v) is 7.69.